The van der Waals surface area contributed by atoms with Gasteiger partial charge in [-0.25, -0.2) is 0 Å². The molecule has 2 aliphatic heterocycles. The fourth-order valence-corrected chi connectivity index (χ4v) is 3.56. The molecule has 4 heteroatoms. The number of nitrogens with zero attached hydrogens (tertiary/aromatic N) is 1. The van der Waals surface area contributed by atoms with Crippen molar-refractivity contribution in [2.24, 2.45) is 0 Å². The molecule has 2 heterocycles. The molecule has 0 aliphatic carbocycles. The first-order valence-electron chi connectivity index (χ1n) is 6.87. The Morgan fingerprint density at radius 2 is 1.76 bits per heavy atom. The average molecular weight is 298 g/mol. The summed E-state index contributed by atoms with van der Waals surface area (Å²) in [6.07, 6.45) is 0.768. The van der Waals surface area contributed by atoms with Gasteiger partial charge in [0.15, 0.2) is 5.78 Å². The van der Waals surface area contributed by atoms with E-state index in [4.69, 9.17) is 11.6 Å². The number of alkyl halides is 1. The predicted molar refractivity (Wildman–Crippen MR) is 80.8 cm³/mol. The van der Waals surface area contributed by atoms with Gasteiger partial charge in [0.1, 0.15) is 0 Å². The Kier molecular flexibility index (Phi) is 2.51. The van der Waals surface area contributed by atoms with Crippen LogP contribution in [0.3, 0.4) is 0 Å². The minimum atomic E-state index is -1.64. The van der Waals surface area contributed by atoms with Crippen LogP contribution in [-0.2, 0) is 16.1 Å². The van der Waals surface area contributed by atoms with Crippen molar-refractivity contribution in [1.82, 2.24) is 0 Å². The van der Waals surface area contributed by atoms with Gasteiger partial charge in [-0.2, -0.15) is 0 Å². The molecule has 0 saturated carbocycles. The number of carbonyl (C=O) groups excluding carboxylic acids is 2. The normalized spacial score (nSPS) is 23.4. The molecule has 0 bridgehead atoms. The number of Topliss-reactive ketones (excluding diaryl/α,β-unsaturated/α-hetero) is 1. The maximum atomic E-state index is 12.9. The van der Waals surface area contributed by atoms with Gasteiger partial charge in [0.05, 0.1) is 5.69 Å². The summed E-state index contributed by atoms with van der Waals surface area (Å²) in [6, 6.07) is 14.4. The zero-order chi connectivity index (χ0) is 14.6. The van der Waals surface area contributed by atoms with Gasteiger partial charge < -0.3 is 4.90 Å². The second-order valence-corrected chi connectivity index (χ2v) is 5.94. The van der Waals surface area contributed by atoms with Crippen molar-refractivity contribution in [3.8, 4) is 0 Å². The summed E-state index contributed by atoms with van der Waals surface area (Å²) in [5.74, 6) is -0.659. The zero-order valence-electron chi connectivity index (χ0n) is 11.2. The van der Waals surface area contributed by atoms with Gasteiger partial charge in [-0.1, -0.05) is 54.1 Å². The summed E-state index contributed by atoms with van der Waals surface area (Å²) in [7, 11) is 0. The summed E-state index contributed by atoms with van der Waals surface area (Å²) in [5.41, 5.74) is 2.87. The van der Waals surface area contributed by atoms with Crippen LogP contribution in [0.4, 0.5) is 5.69 Å². The number of anilines is 1. The molecule has 0 fully saturated rings. The molecule has 0 radical (unpaired) electrons. The summed E-state index contributed by atoms with van der Waals surface area (Å²) >= 11 is 6.59. The van der Waals surface area contributed by atoms with Crippen molar-refractivity contribution < 1.29 is 9.59 Å². The van der Waals surface area contributed by atoms with Crippen LogP contribution in [0.5, 0.6) is 0 Å². The number of rotatable bonds is 1. The predicted octanol–water partition coefficient (Wildman–Crippen LogP) is 2.91. The third-order valence-corrected chi connectivity index (χ3v) is 4.81. The van der Waals surface area contributed by atoms with Gasteiger partial charge in [-0.05, 0) is 23.6 Å². The van der Waals surface area contributed by atoms with Crippen LogP contribution in [0.15, 0.2) is 48.5 Å². The maximum absolute atomic E-state index is 12.9. The summed E-state index contributed by atoms with van der Waals surface area (Å²) in [5, 5.41) is 0. The van der Waals surface area contributed by atoms with Crippen molar-refractivity contribution in [1.29, 1.82) is 0 Å². The number of amides is 1. The van der Waals surface area contributed by atoms with Crippen LogP contribution in [0, 0.1) is 0 Å². The lowest BCUT2D eigenvalue weighted by molar-refractivity contribution is -0.120. The summed E-state index contributed by atoms with van der Waals surface area (Å²) < 4.78 is 0. The van der Waals surface area contributed by atoms with E-state index in [1.54, 1.807) is 35.2 Å². The van der Waals surface area contributed by atoms with Gasteiger partial charge >= 0.3 is 0 Å². The molecule has 0 aromatic heterocycles. The molecule has 3 nitrogen and oxygen atoms in total. The molecular weight excluding hydrogens is 286 g/mol. The van der Waals surface area contributed by atoms with Gasteiger partial charge in [-0.3, -0.25) is 9.59 Å². The van der Waals surface area contributed by atoms with Crippen molar-refractivity contribution >= 4 is 29.0 Å². The van der Waals surface area contributed by atoms with Gasteiger partial charge in [-0.15, -0.1) is 0 Å². The van der Waals surface area contributed by atoms with Gasteiger partial charge in [0, 0.05) is 12.1 Å². The molecule has 0 spiro atoms. The van der Waals surface area contributed by atoms with E-state index in [0.717, 1.165) is 17.7 Å². The third kappa shape index (κ3) is 1.49. The summed E-state index contributed by atoms with van der Waals surface area (Å²) in [6.45, 7) is 0.583. The Labute approximate surface area is 127 Å². The zero-order valence-corrected chi connectivity index (χ0v) is 11.9. The van der Waals surface area contributed by atoms with Crippen LogP contribution in [-0.4, -0.2) is 18.2 Å². The minimum Gasteiger partial charge on any atom is -0.309 e. The number of hydrogen-bond acceptors (Lipinski definition) is 2. The third-order valence-electron chi connectivity index (χ3n) is 4.26. The van der Waals surface area contributed by atoms with Gasteiger partial charge in [0.2, 0.25) is 4.87 Å². The largest absolute Gasteiger partial charge is 0.309 e. The fourth-order valence-electron chi connectivity index (χ4n) is 3.23. The highest BCUT2D eigenvalue weighted by atomic mass is 35.5. The Morgan fingerprint density at radius 1 is 1.00 bits per heavy atom. The molecule has 2 aromatic carbocycles. The number of para-hydroxylation sites is 1. The van der Waals surface area contributed by atoms with Crippen LogP contribution in [0.1, 0.15) is 21.5 Å². The molecule has 4 rings (SSSR count). The molecule has 2 aromatic rings. The molecule has 1 amide bonds. The van der Waals surface area contributed by atoms with Crippen LogP contribution >= 0.6 is 11.6 Å². The standard InChI is InChI=1S/C17H12ClNO2/c18-17(12-6-2-1-3-7-12)15(20)13-8-4-5-11-9-10-19(14(11)13)16(17)21/h1-8H,9-10H2/t17-/m1/s1. The van der Waals surface area contributed by atoms with Crippen molar-refractivity contribution in [3.05, 3.63) is 65.2 Å². The monoisotopic (exact) mass is 297 g/mol. The number of benzene rings is 2. The van der Waals surface area contributed by atoms with E-state index < -0.39 is 4.87 Å². The average Bonchev–Trinajstić information content (AvgIpc) is 2.96. The highest BCUT2D eigenvalue weighted by Crippen LogP contribution is 2.46. The van der Waals surface area contributed by atoms with Gasteiger partial charge in [0.25, 0.3) is 5.91 Å². The maximum Gasteiger partial charge on any atom is 0.260 e. The quantitative estimate of drug-likeness (QED) is 0.599. The molecule has 1 atom stereocenters. The second-order valence-electron chi connectivity index (χ2n) is 5.37. The molecular formula is C17H12ClNO2. The number of hydrogen-bond donors (Lipinski definition) is 0. The highest BCUT2D eigenvalue weighted by Gasteiger charge is 2.54. The second kappa shape index (κ2) is 4.18. The molecule has 2 aliphatic rings. The Hall–Kier alpha value is -2.13. The molecule has 0 unspecified atom stereocenters. The molecule has 0 N–H and O–H groups in total. The Balaban J connectivity index is 1.98. The lowest BCUT2D eigenvalue weighted by Gasteiger charge is -2.35. The van der Waals surface area contributed by atoms with Crippen LogP contribution < -0.4 is 4.90 Å². The van der Waals surface area contributed by atoms with Crippen LogP contribution in [0.2, 0.25) is 0 Å². The lowest BCUT2D eigenvalue weighted by Crippen LogP contribution is -2.52. The number of halogens is 1. The fraction of sp³-hybridized carbons (Fsp3) is 0.176. The molecule has 104 valence electrons. The molecule has 21 heavy (non-hydrogen) atoms. The SMILES string of the molecule is O=C1c2cccc3c2N(CC3)C(=O)[C@@]1(Cl)c1ccccc1. The first-order valence-corrected chi connectivity index (χ1v) is 7.25. The van der Waals surface area contributed by atoms with E-state index in [2.05, 4.69) is 0 Å². The topological polar surface area (TPSA) is 37.4 Å². The number of ketones is 1. The number of carbonyl (C=O) groups is 2. The van der Waals surface area contributed by atoms with Crippen molar-refractivity contribution in [3.63, 3.8) is 0 Å². The molecule has 0 saturated heterocycles. The van der Waals surface area contributed by atoms with E-state index in [9.17, 15) is 9.59 Å². The van der Waals surface area contributed by atoms with E-state index in [1.165, 1.54) is 0 Å². The smallest absolute Gasteiger partial charge is 0.260 e. The van der Waals surface area contributed by atoms with E-state index >= 15 is 0 Å². The van der Waals surface area contributed by atoms with E-state index in [-0.39, 0.29) is 11.7 Å². The summed E-state index contributed by atoms with van der Waals surface area (Å²) in [4.78, 5) is 25.8. The minimum absolute atomic E-state index is 0.324. The van der Waals surface area contributed by atoms with Crippen LogP contribution in [0.25, 0.3) is 0 Å². The highest BCUT2D eigenvalue weighted by molar-refractivity contribution is 6.52. The lowest BCUT2D eigenvalue weighted by atomic mass is 9.84. The Morgan fingerprint density at radius 3 is 2.52 bits per heavy atom. The van der Waals surface area contributed by atoms with E-state index in [0.29, 0.717) is 17.7 Å². The first-order chi connectivity index (χ1) is 10.1. The van der Waals surface area contributed by atoms with Crippen molar-refractivity contribution in [2.45, 2.75) is 11.3 Å². The van der Waals surface area contributed by atoms with E-state index in [1.807, 2.05) is 18.2 Å². The van der Waals surface area contributed by atoms with Crippen molar-refractivity contribution in [2.75, 3.05) is 11.4 Å². The first kappa shape index (κ1) is 12.6. The Bertz CT molecular complexity index is 772.